The quantitative estimate of drug-likeness (QED) is 0.716. The lowest BCUT2D eigenvalue weighted by molar-refractivity contribution is 0.0689. The summed E-state index contributed by atoms with van der Waals surface area (Å²) in [5, 5.41) is 15.3. The number of carboxylic acids is 1. The van der Waals surface area contributed by atoms with Crippen molar-refractivity contribution in [3.8, 4) is 0 Å². The Bertz CT molecular complexity index is 826. The van der Waals surface area contributed by atoms with Crippen LogP contribution in [0.15, 0.2) is 37.1 Å². The van der Waals surface area contributed by atoms with Gasteiger partial charge in [-0.3, -0.25) is 4.79 Å². The van der Waals surface area contributed by atoms with E-state index in [2.05, 4.69) is 25.4 Å². The number of nitrogens with zero attached hydrogens (tertiary/aromatic N) is 5. The monoisotopic (exact) mass is 284 g/mol. The smallest absolute Gasteiger partial charge is 0.356 e. The first-order valence-corrected chi connectivity index (χ1v) is 5.80. The predicted molar refractivity (Wildman–Crippen MR) is 69.9 cm³/mol. The fourth-order valence-electron chi connectivity index (χ4n) is 1.66. The highest BCUT2D eigenvalue weighted by molar-refractivity contribution is 6.04. The van der Waals surface area contributed by atoms with E-state index in [4.69, 9.17) is 5.11 Å². The fraction of sp³-hybridized carbons (Fsp3) is 0. The minimum Gasteiger partial charge on any atom is -0.476 e. The summed E-state index contributed by atoms with van der Waals surface area (Å²) < 4.78 is 1.51. The summed E-state index contributed by atoms with van der Waals surface area (Å²) in [6.07, 6.45) is 6.84. The van der Waals surface area contributed by atoms with Crippen molar-refractivity contribution in [3.05, 3.63) is 48.4 Å². The number of carbonyl (C=O) groups is 2. The summed E-state index contributed by atoms with van der Waals surface area (Å²) in [4.78, 5) is 34.2. The molecule has 0 fully saturated rings. The third-order valence-electron chi connectivity index (χ3n) is 2.63. The van der Waals surface area contributed by atoms with Crippen LogP contribution in [0.4, 0.5) is 5.69 Å². The van der Waals surface area contributed by atoms with E-state index in [-0.39, 0.29) is 11.4 Å². The Balaban J connectivity index is 1.84. The zero-order valence-electron chi connectivity index (χ0n) is 10.5. The van der Waals surface area contributed by atoms with Gasteiger partial charge >= 0.3 is 5.97 Å². The van der Waals surface area contributed by atoms with Crippen LogP contribution in [0.3, 0.4) is 0 Å². The maximum Gasteiger partial charge on any atom is 0.356 e. The third-order valence-corrected chi connectivity index (χ3v) is 2.63. The second kappa shape index (κ2) is 4.96. The summed E-state index contributed by atoms with van der Waals surface area (Å²) in [5.41, 5.74) is 0.671. The average Bonchev–Trinajstić information content (AvgIpc) is 2.91. The minimum atomic E-state index is -1.21. The van der Waals surface area contributed by atoms with Gasteiger partial charge in [0.1, 0.15) is 11.4 Å². The maximum absolute atomic E-state index is 12.0. The number of amides is 1. The molecule has 9 heteroatoms. The van der Waals surface area contributed by atoms with Gasteiger partial charge in [-0.05, 0) is 6.07 Å². The van der Waals surface area contributed by atoms with Crippen LogP contribution >= 0.6 is 0 Å². The minimum absolute atomic E-state index is 0.00437. The summed E-state index contributed by atoms with van der Waals surface area (Å²) in [5.74, 6) is -1.73. The molecule has 0 aromatic carbocycles. The van der Waals surface area contributed by atoms with Crippen LogP contribution in [0.5, 0.6) is 0 Å². The lowest BCUT2D eigenvalue weighted by atomic mass is 10.3. The predicted octanol–water partition coefficient (Wildman–Crippen LogP) is 0.470. The number of hydrogen-bond donors (Lipinski definition) is 2. The molecule has 0 aliphatic carbocycles. The summed E-state index contributed by atoms with van der Waals surface area (Å²) >= 11 is 0. The summed E-state index contributed by atoms with van der Waals surface area (Å²) in [6, 6.07) is 1.71. The van der Waals surface area contributed by atoms with Gasteiger partial charge in [-0.2, -0.15) is 5.10 Å². The lowest BCUT2D eigenvalue weighted by Crippen LogP contribution is -2.15. The zero-order chi connectivity index (χ0) is 14.8. The van der Waals surface area contributed by atoms with Crippen molar-refractivity contribution in [2.24, 2.45) is 0 Å². The van der Waals surface area contributed by atoms with Gasteiger partial charge in [0.2, 0.25) is 0 Å². The van der Waals surface area contributed by atoms with Crippen LogP contribution in [0.1, 0.15) is 21.0 Å². The van der Waals surface area contributed by atoms with Crippen molar-refractivity contribution >= 4 is 23.2 Å². The van der Waals surface area contributed by atoms with E-state index >= 15 is 0 Å². The number of anilines is 1. The summed E-state index contributed by atoms with van der Waals surface area (Å²) in [6.45, 7) is 0. The molecule has 104 valence electrons. The van der Waals surface area contributed by atoms with Crippen molar-refractivity contribution in [2.75, 3.05) is 5.32 Å². The molecule has 0 saturated carbocycles. The molecule has 0 spiro atoms. The number of aromatic carboxylic acids is 1. The highest BCUT2D eigenvalue weighted by Gasteiger charge is 2.13. The number of hydrogen-bond acceptors (Lipinski definition) is 6. The van der Waals surface area contributed by atoms with E-state index < -0.39 is 11.9 Å². The van der Waals surface area contributed by atoms with Gasteiger partial charge < -0.3 is 10.4 Å². The molecule has 3 aromatic rings. The Morgan fingerprint density at radius 2 is 1.86 bits per heavy atom. The molecule has 3 rings (SSSR count). The van der Waals surface area contributed by atoms with Crippen LogP contribution < -0.4 is 5.32 Å². The van der Waals surface area contributed by atoms with E-state index in [0.717, 1.165) is 12.4 Å². The maximum atomic E-state index is 12.0. The van der Waals surface area contributed by atoms with Crippen LogP contribution in [0.2, 0.25) is 0 Å². The van der Waals surface area contributed by atoms with Gasteiger partial charge in [0.05, 0.1) is 18.6 Å². The Labute approximate surface area is 117 Å². The largest absolute Gasteiger partial charge is 0.476 e. The summed E-state index contributed by atoms with van der Waals surface area (Å²) in [7, 11) is 0. The first-order chi connectivity index (χ1) is 10.1. The van der Waals surface area contributed by atoms with Gasteiger partial charge in [-0.25, -0.2) is 24.3 Å². The van der Waals surface area contributed by atoms with Crippen LogP contribution in [0.25, 0.3) is 5.65 Å². The fourth-order valence-corrected chi connectivity index (χ4v) is 1.66. The van der Waals surface area contributed by atoms with Gasteiger partial charge in [0, 0.05) is 12.4 Å². The first-order valence-electron chi connectivity index (χ1n) is 5.80. The number of fused-ring (bicyclic) bond motifs is 1. The topological polar surface area (TPSA) is 122 Å². The number of rotatable bonds is 3. The van der Waals surface area contributed by atoms with E-state index in [0.29, 0.717) is 11.3 Å². The molecule has 1 amide bonds. The van der Waals surface area contributed by atoms with Gasteiger partial charge in [-0.1, -0.05) is 0 Å². The highest BCUT2D eigenvalue weighted by atomic mass is 16.4. The Morgan fingerprint density at radius 1 is 1.10 bits per heavy atom. The third kappa shape index (κ3) is 2.39. The molecule has 0 atom stereocenters. The molecule has 2 N–H and O–H groups in total. The van der Waals surface area contributed by atoms with Gasteiger partial charge in [0.25, 0.3) is 5.91 Å². The lowest BCUT2D eigenvalue weighted by Gasteiger charge is -2.02. The Morgan fingerprint density at radius 3 is 2.57 bits per heavy atom. The molecule has 0 aliphatic heterocycles. The zero-order valence-corrected chi connectivity index (χ0v) is 10.5. The molecule has 3 heterocycles. The van der Waals surface area contributed by atoms with Crippen LogP contribution in [-0.2, 0) is 0 Å². The SMILES string of the molecule is O=C(O)c1cnc(C(=O)Nc2cnn3cccnc23)cn1. The molecular formula is C12H8N6O3. The van der Waals surface area contributed by atoms with E-state index in [1.165, 1.54) is 10.7 Å². The Kier molecular flexibility index (Phi) is 2.99. The molecule has 9 nitrogen and oxygen atoms in total. The highest BCUT2D eigenvalue weighted by Crippen LogP contribution is 2.13. The average molecular weight is 284 g/mol. The van der Waals surface area contributed by atoms with E-state index in [1.807, 2.05) is 0 Å². The second-order valence-corrected chi connectivity index (χ2v) is 3.99. The standard InChI is InChI=1S/C12H8N6O3/c19-11(8-4-15-9(5-14-8)12(20)21)17-7-6-16-18-3-1-2-13-10(7)18/h1-6H,(H,17,19)(H,20,21). The molecular weight excluding hydrogens is 276 g/mol. The number of carbonyl (C=O) groups excluding carboxylic acids is 1. The first kappa shape index (κ1) is 12.7. The number of carboxylic acid groups (broad SMARTS) is 1. The molecule has 21 heavy (non-hydrogen) atoms. The molecule has 0 saturated heterocycles. The molecule has 3 aromatic heterocycles. The van der Waals surface area contributed by atoms with Crippen molar-refractivity contribution in [1.82, 2.24) is 24.6 Å². The second-order valence-electron chi connectivity index (χ2n) is 3.99. The van der Waals surface area contributed by atoms with Gasteiger partial charge in [-0.15, -0.1) is 0 Å². The van der Waals surface area contributed by atoms with Crippen molar-refractivity contribution in [2.45, 2.75) is 0 Å². The normalized spacial score (nSPS) is 10.5. The van der Waals surface area contributed by atoms with Crippen LogP contribution in [-0.4, -0.2) is 41.5 Å². The van der Waals surface area contributed by atoms with Crippen LogP contribution in [0, 0.1) is 0 Å². The van der Waals surface area contributed by atoms with E-state index in [1.54, 1.807) is 18.5 Å². The van der Waals surface area contributed by atoms with E-state index in [9.17, 15) is 9.59 Å². The molecule has 0 bridgehead atoms. The Hall–Kier alpha value is -3.36. The molecule has 0 radical (unpaired) electrons. The van der Waals surface area contributed by atoms with Gasteiger partial charge in [0.15, 0.2) is 11.3 Å². The number of aromatic nitrogens is 5. The van der Waals surface area contributed by atoms with Crippen molar-refractivity contribution in [1.29, 1.82) is 0 Å². The van der Waals surface area contributed by atoms with Crippen molar-refractivity contribution in [3.63, 3.8) is 0 Å². The molecule has 0 unspecified atom stereocenters. The molecule has 0 aliphatic rings. The van der Waals surface area contributed by atoms with Crippen molar-refractivity contribution < 1.29 is 14.7 Å². The number of nitrogens with one attached hydrogen (secondary N) is 1.